The van der Waals surface area contributed by atoms with E-state index in [0.717, 1.165) is 5.56 Å². The number of hydrogen-bond acceptors (Lipinski definition) is 4. The van der Waals surface area contributed by atoms with Crippen molar-refractivity contribution in [3.05, 3.63) is 136 Å². The predicted molar refractivity (Wildman–Crippen MR) is 154 cm³/mol. The molecule has 0 unspecified atom stereocenters. The van der Waals surface area contributed by atoms with Gasteiger partial charge in [0.15, 0.2) is 0 Å². The van der Waals surface area contributed by atoms with Crippen LogP contribution in [0.4, 0.5) is 0 Å². The van der Waals surface area contributed by atoms with Crippen molar-refractivity contribution in [3.8, 4) is 0 Å². The molecule has 0 saturated heterocycles. The maximum absolute atomic E-state index is 13.6. The quantitative estimate of drug-likeness (QED) is 0.215. The monoisotopic (exact) mass is 555 g/mol. The number of carbonyl (C=O) groups is 3. The number of nitrogens with zero attached hydrogens (tertiary/aromatic N) is 2. The molecular weight excluding hydrogens is 526 g/mol. The first-order valence-electron chi connectivity index (χ1n) is 13.0. The highest BCUT2D eigenvalue weighted by atomic mass is 35.5. The molecule has 40 heavy (non-hydrogen) atoms. The molecule has 2 N–H and O–H groups in total. The molecule has 0 aliphatic rings. The number of benzene rings is 3. The smallest absolute Gasteiger partial charge is 0.305 e. The number of nitrogens with one attached hydrogen (secondary N) is 1. The first-order chi connectivity index (χ1) is 19.4. The summed E-state index contributed by atoms with van der Waals surface area (Å²) in [6.45, 7) is 0.864. The zero-order chi connectivity index (χ0) is 28.3. The molecule has 0 spiro atoms. The number of aromatic nitrogens is 1. The maximum Gasteiger partial charge on any atom is 0.305 e. The molecule has 0 atom stereocenters. The van der Waals surface area contributed by atoms with Gasteiger partial charge in [-0.2, -0.15) is 0 Å². The van der Waals surface area contributed by atoms with Gasteiger partial charge in [-0.25, -0.2) is 4.98 Å². The van der Waals surface area contributed by atoms with E-state index in [1.165, 1.54) is 17.3 Å². The van der Waals surface area contributed by atoms with Crippen molar-refractivity contribution in [1.82, 2.24) is 15.2 Å². The summed E-state index contributed by atoms with van der Waals surface area (Å²) in [5.74, 6) is -1.39. The summed E-state index contributed by atoms with van der Waals surface area (Å²) in [6, 6.07) is 30.7. The molecule has 0 saturated carbocycles. The van der Waals surface area contributed by atoms with E-state index in [-0.39, 0.29) is 30.7 Å². The van der Waals surface area contributed by atoms with Crippen LogP contribution in [-0.2, 0) is 11.3 Å². The number of carboxylic acids is 1. The van der Waals surface area contributed by atoms with Crippen LogP contribution in [0.1, 0.15) is 56.2 Å². The summed E-state index contributed by atoms with van der Waals surface area (Å²) < 4.78 is 0. The Morgan fingerprint density at radius 1 is 0.825 bits per heavy atom. The number of carboxylic acid groups (broad SMARTS) is 1. The lowest BCUT2D eigenvalue weighted by molar-refractivity contribution is -0.136. The molecule has 4 rings (SSSR count). The number of amides is 2. The van der Waals surface area contributed by atoms with Gasteiger partial charge in [-0.15, -0.1) is 0 Å². The van der Waals surface area contributed by atoms with Crippen molar-refractivity contribution in [3.63, 3.8) is 0 Å². The van der Waals surface area contributed by atoms with E-state index in [4.69, 9.17) is 16.7 Å². The molecular formula is C32H30ClN3O4. The van der Waals surface area contributed by atoms with Gasteiger partial charge in [0, 0.05) is 37.3 Å². The van der Waals surface area contributed by atoms with Gasteiger partial charge in [-0.3, -0.25) is 14.4 Å². The molecule has 8 heteroatoms. The number of aliphatic carboxylic acids is 1. The first-order valence-corrected chi connectivity index (χ1v) is 13.4. The highest BCUT2D eigenvalue weighted by molar-refractivity contribution is 6.29. The highest BCUT2D eigenvalue weighted by Gasteiger charge is 2.21. The van der Waals surface area contributed by atoms with Crippen LogP contribution in [0, 0.1) is 0 Å². The molecule has 1 aromatic heterocycles. The van der Waals surface area contributed by atoms with Crippen LogP contribution in [0.15, 0.2) is 103 Å². The van der Waals surface area contributed by atoms with Gasteiger partial charge >= 0.3 is 5.97 Å². The van der Waals surface area contributed by atoms with Crippen molar-refractivity contribution >= 4 is 29.4 Å². The second-order valence-electron chi connectivity index (χ2n) is 9.36. The summed E-state index contributed by atoms with van der Waals surface area (Å²) >= 11 is 5.95. The Hall–Kier alpha value is -4.49. The molecule has 0 aliphatic heterocycles. The van der Waals surface area contributed by atoms with E-state index in [9.17, 15) is 14.4 Å². The average molecular weight is 556 g/mol. The third-order valence-corrected chi connectivity index (χ3v) is 6.79. The molecule has 7 nitrogen and oxygen atoms in total. The zero-order valence-corrected chi connectivity index (χ0v) is 22.6. The van der Waals surface area contributed by atoms with Crippen LogP contribution < -0.4 is 5.32 Å². The van der Waals surface area contributed by atoms with E-state index in [0.29, 0.717) is 35.8 Å². The van der Waals surface area contributed by atoms with Gasteiger partial charge in [0.1, 0.15) is 5.15 Å². The van der Waals surface area contributed by atoms with Crippen LogP contribution in [-0.4, -0.2) is 45.9 Å². The van der Waals surface area contributed by atoms with Crippen LogP contribution in [0.3, 0.4) is 0 Å². The average Bonchev–Trinajstić information content (AvgIpc) is 2.98. The second kappa shape index (κ2) is 14.1. The van der Waals surface area contributed by atoms with Crippen molar-refractivity contribution in [2.75, 3.05) is 13.1 Å². The number of halogens is 1. The van der Waals surface area contributed by atoms with Crippen molar-refractivity contribution in [2.45, 2.75) is 25.3 Å². The Morgan fingerprint density at radius 2 is 1.43 bits per heavy atom. The first kappa shape index (κ1) is 28.5. The number of rotatable bonds is 12. The number of carbonyl (C=O) groups excluding carboxylic acids is 2. The Labute approximate surface area is 238 Å². The lowest BCUT2D eigenvalue weighted by Crippen LogP contribution is -2.32. The van der Waals surface area contributed by atoms with Crippen molar-refractivity contribution in [1.29, 1.82) is 0 Å². The highest BCUT2D eigenvalue weighted by Crippen LogP contribution is 2.28. The van der Waals surface area contributed by atoms with Gasteiger partial charge in [0.25, 0.3) is 11.8 Å². The summed E-state index contributed by atoms with van der Waals surface area (Å²) in [4.78, 5) is 42.5. The van der Waals surface area contributed by atoms with E-state index >= 15 is 0 Å². The van der Waals surface area contributed by atoms with Gasteiger partial charge in [0.2, 0.25) is 0 Å². The van der Waals surface area contributed by atoms with Crippen LogP contribution in [0.2, 0.25) is 5.15 Å². The van der Waals surface area contributed by atoms with Crippen molar-refractivity contribution in [2.24, 2.45) is 0 Å². The molecule has 0 bridgehead atoms. The number of hydrogen-bond donors (Lipinski definition) is 2. The number of pyridine rings is 1. The Kier molecular flexibility index (Phi) is 10.0. The minimum Gasteiger partial charge on any atom is -0.481 e. The summed E-state index contributed by atoms with van der Waals surface area (Å²) in [6.07, 6.45) is 2.03. The fraction of sp³-hybridized carbons (Fsp3) is 0.188. The standard InChI is InChI=1S/C32H30ClN3O4/c33-29-16-15-27(21-35-29)32(40)36(22-23-11-13-26(14-12-23)31(39)34-19-17-30(37)38)20-18-28(24-7-3-1-4-8-24)25-9-5-2-6-10-25/h1-16,21,28H,17-20,22H2,(H,34,39)(H,37,38). The molecule has 0 fully saturated rings. The van der Waals surface area contributed by atoms with Crippen molar-refractivity contribution < 1.29 is 19.5 Å². The minimum atomic E-state index is -0.974. The van der Waals surface area contributed by atoms with Gasteiger partial charge in [0.05, 0.1) is 12.0 Å². The lowest BCUT2D eigenvalue weighted by atomic mass is 9.88. The minimum absolute atomic E-state index is 0.0529. The van der Waals surface area contributed by atoms with E-state index in [1.807, 2.05) is 36.4 Å². The predicted octanol–water partition coefficient (Wildman–Crippen LogP) is 5.80. The van der Waals surface area contributed by atoms with Crippen LogP contribution >= 0.6 is 11.6 Å². The van der Waals surface area contributed by atoms with Gasteiger partial charge in [-0.05, 0) is 47.4 Å². The Bertz CT molecular complexity index is 1370. The fourth-order valence-corrected chi connectivity index (χ4v) is 4.60. The Balaban J connectivity index is 1.54. The molecule has 204 valence electrons. The molecule has 4 aromatic rings. The summed E-state index contributed by atoms with van der Waals surface area (Å²) in [7, 11) is 0. The molecule has 2 amide bonds. The van der Waals surface area contributed by atoms with Crippen LogP contribution in [0.25, 0.3) is 0 Å². The maximum atomic E-state index is 13.6. The largest absolute Gasteiger partial charge is 0.481 e. The SMILES string of the molecule is O=C(O)CCNC(=O)c1ccc(CN(CCC(c2ccccc2)c2ccccc2)C(=O)c2ccc(Cl)nc2)cc1. The van der Waals surface area contributed by atoms with Gasteiger partial charge < -0.3 is 15.3 Å². The molecule has 0 radical (unpaired) electrons. The Morgan fingerprint density at radius 3 is 1.98 bits per heavy atom. The normalized spacial score (nSPS) is 10.8. The second-order valence-corrected chi connectivity index (χ2v) is 9.74. The molecule has 0 aliphatic carbocycles. The lowest BCUT2D eigenvalue weighted by Gasteiger charge is -2.26. The summed E-state index contributed by atoms with van der Waals surface area (Å²) in [5.41, 5.74) is 4.06. The van der Waals surface area contributed by atoms with Gasteiger partial charge in [-0.1, -0.05) is 84.4 Å². The zero-order valence-electron chi connectivity index (χ0n) is 21.9. The fourth-order valence-electron chi connectivity index (χ4n) is 4.49. The molecule has 3 aromatic carbocycles. The third kappa shape index (κ3) is 8.01. The van der Waals surface area contributed by atoms with E-state index in [1.54, 1.807) is 41.3 Å². The van der Waals surface area contributed by atoms with Crippen LogP contribution in [0.5, 0.6) is 0 Å². The third-order valence-electron chi connectivity index (χ3n) is 6.57. The topological polar surface area (TPSA) is 99.6 Å². The van der Waals surface area contributed by atoms with E-state index in [2.05, 4.69) is 34.6 Å². The molecule has 1 heterocycles. The summed E-state index contributed by atoms with van der Waals surface area (Å²) in [5, 5.41) is 11.7. The van der Waals surface area contributed by atoms with E-state index < -0.39 is 5.97 Å².